The number of thioether (sulfide) groups is 1. The molecule has 0 radical (unpaired) electrons. The minimum absolute atomic E-state index is 0.0271. The monoisotopic (exact) mass is 379 g/mol. The van der Waals surface area contributed by atoms with Gasteiger partial charge in [-0.05, 0) is 42.5 Å². The van der Waals surface area contributed by atoms with Crippen LogP contribution in [0.3, 0.4) is 0 Å². The highest BCUT2D eigenvalue weighted by atomic mass is 32.2. The van der Waals surface area contributed by atoms with E-state index < -0.39 is 0 Å². The number of nitrogens with one attached hydrogen (secondary N) is 1. The Hall–Kier alpha value is -2.60. The molecule has 3 aromatic rings. The van der Waals surface area contributed by atoms with Gasteiger partial charge in [0.2, 0.25) is 5.91 Å². The van der Waals surface area contributed by atoms with E-state index in [0.717, 1.165) is 19.3 Å². The Morgan fingerprint density at radius 1 is 1.22 bits per heavy atom. The summed E-state index contributed by atoms with van der Waals surface area (Å²) in [6, 6.07) is 15.4. The molecule has 27 heavy (non-hydrogen) atoms. The molecule has 0 fully saturated rings. The van der Waals surface area contributed by atoms with Crippen LogP contribution in [0.15, 0.2) is 59.5 Å². The van der Waals surface area contributed by atoms with E-state index in [1.165, 1.54) is 33.4 Å². The predicted octanol–water partition coefficient (Wildman–Crippen LogP) is 3.12. The van der Waals surface area contributed by atoms with Gasteiger partial charge in [-0.1, -0.05) is 30.3 Å². The molecule has 1 aliphatic rings. The SMILES string of the molecule is O=C(CSCc1cc(=O)n2ccccc2n1)NC1CCCc2ccccc21. The quantitative estimate of drug-likeness (QED) is 0.740. The second-order valence-corrected chi connectivity index (χ2v) is 7.70. The summed E-state index contributed by atoms with van der Waals surface area (Å²) in [5.74, 6) is 0.920. The lowest BCUT2D eigenvalue weighted by molar-refractivity contribution is -0.119. The maximum absolute atomic E-state index is 12.4. The van der Waals surface area contributed by atoms with E-state index in [4.69, 9.17) is 0 Å². The molecule has 138 valence electrons. The number of carbonyl (C=O) groups is 1. The first-order valence-electron chi connectivity index (χ1n) is 9.13. The van der Waals surface area contributed by atoms with Gasteiger partial charge in [-0.2, -0.15) is 0 Å². The molecule has 0 spiro atoms. The Morgan fingerprint density at radius 2 is 2.07 bits per heavy atom. The highest BCUT2D eigenvalue weighted by Crippen LogP contribution is 2.29. The third-order valence-corrected chi connectivity index (χ3v) is 5.78. The van der Waals surface area contributed by atoms with E-state index in [1.54, 1.807) is 12.3 Å². The topological polar surface area (TPSA) is 63.5 Å². The van der Waals surface area contributed by atoms with Gasteiger partial charge in [0.1, 0.15) is 5.65 Å². The van der Waals surface area contributed by atoms with E-state index in [2.05, 4.69) is 28.5 Å². The Morgan fingerprint density at radius 3 is 3.00 bits per heavy atom. The molecule has 1 N–H and O–H groups in total. The van der Waals surface area contributed by atoms with Crippen LogP contribution in [-0.4, -0.2) is 21.0 Å². The van der Waals surface area contributed by atoms with Gasteiger partial charge in [0.15, 0.2) is 0 Å². The fraction of sp³-hybridized carbons (Fsp3) is 0.286. The van der Waals surface area contributed by atoms with E-state index in [0.29, 0.717) is 22.8 Å². The standard InChI is InChI=1S/C21H21N3O2S/c25-20(23-18-9-5-7-15-6-1-2-8-17(15)18)14-27-13-16-12-21(26)24-11-4-3-10-19(24)22-16/h1-4,6,8,10-12,18H,5,7,9,13-14H2,(H,23,25). The lowest BCUT2D eigenvalue weighted by atomic mass is 9.88. The number of aryl methyl sites for hydroxylation is 1. The highest BCUT2D eigenvalue weighted by molar-refractivity contribution is 7.99. The van der Waals surface area contributed by atoms with Gasteiger partial charge in [-0.3, -0.25) is 14.0 Å². The molecule has 2 heterocycles. The highest BCUT2D eigenvalue weighted by Gasteiger charge is 2.21. The predicted molar refractivity (Wildman–Crippen MR) is 108 cm³/mol. The number of rotatable bonds is 5. The van der Waals surface area contributed by atoms with E-state index in [1.807, 2.05) is 18.2 Å². The third-order valence-electron chi connectivity index (χ3n) is 4.81. The second kappa shape index (κ2) is 7.96. The first-order valence-corrected chi connectivity index (χ1v) is 10.3. The zero-order chi connectivity index (χ0) is 18.6. The van der Waals surface area contributed by atoms with Crippen LogP contribution in [0.4, 0.5) is 0 Å². The molecule has 2 aromatic heterocycles. The smallest absolute Gasteiger partial charge is 0.258 e. The van der Waals surface area contributed by atoms with E-state index >= 15 is 0 Å². The minimum atomic E-state index is -0.0977. The zero-order valence-corrected chi connectivity index (χ0v) is 15.7. The van der Waals surface area contributed by atoms with Crippen LogP contribution < -0.4 is 10.9 Å². The summed E-state index contributed by atoms with van der Waals surface area (Å²) in [4.78, 5) is 29.0. The summed E-state index contributed by atoms with van der Waals surface area (Å²) in [6.45, 7) is 0. The summed E-state index contributed by atoms with van der Waals surface area (Å²) in [7, 11) is 0. The van der Waals surface area contributed by atoms with Crippen LogP contribution in [0.2, 0.25) is 0 Å². The second-order valence-electron chi connectivity index (χ2n) is 6.72. The Labute approximate surface area is 161 Å². The van der Waals surface area contributed by atoms with Crippen LogP contribution in [0, 0.1) is 0 Å². The lowest BCUT2D eigenvalue weighted by Crippen LogP contribution is -2.32. The van der Waals surface area contributed by atoms with Gasteiger partial charge in [-0.25, -0.2) is 4.98 Å². The van der Waals surface area contributed by atoms with Crippen LogP contribution in [0.5, 0.6) is 0 Å². The van der Waals surface area contributed by atoms with Gasteiger partial charge in [-0.15, -0.1) is 11.8 Å². The molecule has 1 unspecified atom stereocenters. The summed E-state index contributed by atoms with van der Waals surface area (Å²) >= 11 is 1.48. The summed E-state index contributed by atoms with van der Waals surface area (Å²) in [5, 5.41) is 3.16. The van der Waals surface area contributed by atoms with Gasteiger partial charge >= 0.3 is 0 Å². The molecule has 0 saturated heterocycles. The maximum Gasteiger partial charge on any atom is 0.258 e. The van der Waals surface area contributed by atoms with Crippen molar-refractivity contribution in [2.45, 2.75) is 31.1 Å². The van der Waals surface area contributed by atoms with Crippen molar-refractivity contribution >= 4 is 23.3 Å². The Bertz CT molecular complexity index is 1030. The molecule has 0 saturated carbocycles. The molecule has 1 aliphatic carbocycles. The van der Waals surface area contributed by atoms with E-state index in [-0.39, 0.29) is 17.5 Å². The summed E-state index contributed by atoms with van der Waals surface area (Å²) in [5.41, 5.74) is 3.81. The lowest BCUT2D eigenvalue weighted by Gasteiger charge is -2.26. The normalized spacial score (nSPS) is 16.1. The van der Waals surface area contributed by atoms with Crippen molar-refractivity contribution in [3.05, 3.63) is 81.9 Å². The van der Waals surface area contributed by atoms with Crippen molar-refractivity contribution in [3.63, 3.8) is 0 Å². The summed E-state index contributed by atoms with van der Waals surface area (Å²) in [6.07, 6.45) is 4.87. The van der Waals surface area contributed by atoms with Crippen molar-refractivity contribution in [3.8, 4) is 0 Å². The van der Waals surface area contributed by atoms with Crippen molar-refractivity contribution in [1.82, 2.24) is 14.7 Å². The Kier molecular flexibility index (Phi) is 5.25. The van der Waals surface area contributed by atoms with Gasteiger partial charge < -0.3 is 5.32 Å². The number of amides is 1. The number of carbonyl (C=O) groups excluding carboxylic acids is 1. The fourth-order valence-electron chi connectivity index (χ4n) is 3.57. The third kappa shape index (κ3) is 4.06. The molecular weight excluding hydrogens is 358 g/mol. The molecule has 6 heteroatoms. The average Bonchev–Trinajstić information content (AvgIpc) is 2.68. The van der Waals surface area contributed by atoms with Crippen molar-refractivity contribution in [1.29, 1.82) is 0 Å². The van der Waals surface area contributed by atoms with Gasteiger partial charge in [0, 0.05) is 18.0 Å². The number of hydrogen-bond donors (Lipinski definition) is 1. The van der Waals surface area contributed by atoms with E-state index in [9.17, 15) is 9.59 Å². The van der Waals surface area contributed by atoms with Crippen LogP contribution in [0.25, 0.3) is 5.65 Å². The molecule has 1 aromatic carbocycles. The molecule has 5 nitrogen and oxygen atoms in total. The van der Waals surface area contributed by atoms with Gasteiger partial charge in [0.05, 0.1) is 17.5 Å². The van der Waals surface area contributed by atoms with Crippen LogP contribution >= 0.6 is 11.8 Å². The number of nitrogens with zero attached hydrogens (tertiary/aromatic N) is 2. The first kappa shape index (κ1) is 17.8. The Balaban J connectivity index is 1.35. The molecule has 0 aliphatic heterocycles. The number of benzene rings is 1. The summed E-state index contributed by atoms with van der Waals surface area (Å²) < 4.78 is 1.52. The largest absolute Gasteiger partial charge is 0.349 e. The van der Waals surface area contributed by atoms with Crippen molar-refractivity contribution in [2.75, 3.05) is 5.75 Å². The molecule has 0 bridgehead atoms. The number of hydrogen-bond acceptors (Lipinski definition) is 4. The number of pyridine rings is 1. The fourth-order valence-corrected chi connectivity index (χ4v) is 4.29. The van der Waals surface area contributed by atoms with Crippen molar-refractivity contribution in [2.24, 2.45) is 0 Å². The zero-order valence-electron chi connectivity index (χ0n) is 14.9. The van der Waals surface area contributed by atoms with Gasteiger partial charge in [0.25, 0.3) is 5.56 Å². The number of aromatic nitrogens is 2. The maximum atomic E-state index is 12.4. The molecule has 4 rings (SSSR count). The van der Waals surface area contributed by atoms with Crippen LogP contribution in [0.1, 0.15) is 35.7 Å². The average molecular weight is 379 g/mol. The van der Waals surface area contributed by atoms with Crippen molar-refractivity contribution < 1.29 is 4.79 Å². The minimum Gasteiger partial charge on any atom is -0.349 e. The first-order chi connectivity index (χ1) is 13.2. The number of fused-ring (bicyclic) bond motifs is 2. The van der Waals surface area contributed by atoms with Crippen LogP contribution in [-0.2, 0) is 17.0 Å². The molecule has 1 atom stereocenters. The molecular formula is C21H21N3O2S. The molecule has 1 amide bonds.